The van der Waals surface area contributed by atoms with Gasteiger partial charge in [-0.3, -0.25) is 9.52 Å². The Morgan fingerprint density at radius 2 is 1.83 bits per heavy atom. The van der Waals surface area contributed by atoms with Crippen LogP contribution in [0.5, 0.6) is 0 Å². The first-order valence-corrected chi connectivity index (χ1v) is 11.3. The number of rotatable bonds is 7. The predicted molar refractivity (Wildman–Crippen MR) is 120 cm³/mol. The summed E-state index contributed by atoms with van der Waals surface area (Å²) in [5.41, 5.74) is 4.15. The minimum absolute atomic E-state index is 0. The third-order valence-electron chi connectivity index (χ3n) is 4.89. The summed E-state index contributed by atoms with van der Waals surface area (Å²) in [7, 11) is -3.36. The van der Waals surface area contributed by atoms with Gasteiger partial charge in [-0.25, -0.2) is 8.42 Å². The van der Waals surface area contributed by atoms with Gasteiger partial charge in [-0.15, -0.1) is 12.4 Å². The Morgan fingerprint density at radius 3 is 2.45 bits per heavy atom. The number of carbonyl (C=O) groups excluding carboxylic acids is 1. The molecule has 0 aromatic heterocycles. The van der Waals surface area contributed by atoms with Gasteiger partial charge in [0, 0.05) is 5.69 Å². The maximum atomic E-state index is 12.4. The van der Waals surface area contributed by atoms with Crippen LogP contribution < -0.4 is 15.4 Å². The number of anilines is 2. The Hall–Kier alpha value is -2.09. The third kappa shape index (κ3) is 7.34. The Labute approximate surface area is 178 Å². The lowest BCUT2D eigenvalue weighted by Crippen LogP contribution is -2.16. The van der Waals surface area contributed by atoms with Gasteiger partial charge in [0.05, 0.1) is 18.4 Å². The van der Waals surface area contributed by atoms with Crippen molar-refractivity contribution in [2.24, 2.45) is 5.92 Å². The zero-order valence-corrected chi connectivity index (χ0v) is 18.3. The van der Waals surface area contributed by atoms with Gasteiger partial charge in [-0.1, -0.05) is 30.3 Å². The van der Waals surface area contributed by atoms with Crippen LogP contribution in [0.3, 0.4) is 0 Å². The van der Waals surface area contributed by atoms with Gasteiger partial charge < -0.3 is 10.6 Å². The van der Waals surface area contributed by atoms with E-state index in [0.717, 1.165) is 36.9 Å². The Balaban J connectivity index is 0.00000300. The van der Waals surface area contributed by atoms with Crippen molar-refractivity contribution in [3.63, 3.8) is 0 Å². The lowest BCUT2D eigenvalue weighted by Gasteiger charge is -2.12. The highest BCUT2D eigenvalue weighted by Crippen LogP contribution is 2.21. The van der Waals surface area contributed by atoms with Crippen LogP contribution in [0.4, 0.5) is 11.4 Å². The predicted octanol–water partition coefficient (Wildman–Crippen LogP) is 3.12. The van der Waals surface area contributed by atoms with Crippen molar-refractivity contribution in [2.45, 2.75) is 26.2 Å². The van der Waals surface area contributed by atoms with E-state index in [1.54, 1.807) is 18.2 Å². The van der Waals surface area contributed by atoms with Crippen molar-refractivity contribution in [3.8, 4) is 0 Å². The molecule has 158 valence electrons. The molecule has 1 saturated heterocycles. The molecule has 3 N–H and O–H groups in total. The molecule has 0 radical (unpaired) electrons. The van der Waals surface area contributed by atoms with Crippen LogP contribution in [0.2, 0.25) is 0 Å². The van der Waals surface area contributed by atoms with Crippen LogP contribution in [0.25, 0.3) is 0 Å². The minimum Gasteiger partial charge on any atom is -0.325 e. The smallest absolute Gasteiger partial charge is 0.229 e. The van der Waals surface area contributed by atoms with Gasteiger partial charge in [-0.05, 0) is 67.6 Å². The van der Waals surface area contributed by atoms with Crippen molar-refractivity contribution in [3.05, 3.63) is 59.2 Å². The van der Waals surface area contributed by atoms with Crippen LogP contribution in [0.1, 0.15) is 23.1 Å². The quantitative estimate of drug-likeness (QED) is 0.621. The number of aryl methyl sites for hydroxylation is 1. The van der Waals surface area contributed by atoms with Gasteiger partial charge in [0.1, 0.15) is 0 Å². The number of carbonyl (C=O) groups is 1. The normalized spacial score (nSPS) is 16.1. The fraction of sp³-hybridized carbons (Fsp3) is 0.381. The van der Waals surface area contributed by atoms with E-state index in [1.165, 1.54) is 12.0 Å². The summed E-state index contributed by atoms with van der Waals surface area (Å²) in [5, 5.41) is 6.26. The number of sulfonamides is 1. The molecule has 0 spiro atoms. The van der Waals surface area contributed by atoms with Gasteiger partial charge in [-0.2, -0.15) is 0 Å². The molecule has 6 nitrogen and oxygen atoms in total. The van der Waals surface area contributed by atoms with Gasteiger partial charge >= 0.3 is 0 Å². The van der Waals surface area contributed by atoms with Crippen LogP contribution in [-0.4, -0.2) is 33.7 Å². The minimum atomic E-state index is -3.36. The molecule has 0 bridgehead atoms. The molecule has 1 atom stereocenters. The van der Waals surface area contributed by atoms with Crippen LogP contribution in [-0.2, 0) is 27.7 Å². The van der Waals surface area contributed by atoms with E-state index in [9.17, 15) is 13.2 Å². The van der Waals surface area contributed by atoms with E-state index in [1.807, 2.05) is 19.1 Å². The van der Waals surface area contributed by atoms with E-state index < -0.39 is 10.0 Å². The molecule has 3 rings (SSSR count). The first-order chi connectivity index (χ1) is 13.3. The summed E-state index contributed by atoms with van der Waals surface area (Å²) in [6, 6.07) is 13.3. The van der Waals surface area contributed by atoms with Crippen LogP contribution in [0.15, 0.2) is 42.5 Å². The summed E-state index contributed by atoms with van der Waals surface area (Å²) in [6.07, 6.45) is 3.65. The zero-order valence-electron chi connectivity index (χ0n) is 16.7. The van der Waals surface area contributed by atoms with E-state index in [0.29, 0.717) is 17.3 Å². The van der Waals surface area contributed by atoms with Crippen molar-refractivity contribution >= 4 is 39.7 Å². The highest BCUT2D eigenvalue weighted by Gasteiger charge is 2.15. The van der Waals surface area contributed by atoms with E-state index in [4.69, 9.17) is 0 Å². The van der Waals surface area contributed by atoms with Crippen molar-refractivity contribution in [1.82, 2.24) is 5.32 Å². The van der Waals surface area contributed by atoms with E-state index >= 15 is 0 Å². The summed E-state index contributed by atoms with van der Waals surface area (Å²) >= 11 is 0. The number of hydrogen-bond acceptors (Lipinski definition) is 4. The first-order valence-electron chi connectivity index (χ1n) is 9.45. The zero-order chi connectivity index (χ0) is 20.1. The number of hydrogen-bond donors (Lipinski definition) is 3. The van der Waals surface area contributed by atoms with E-state index in [-0.39, 0.29) is 24.7 Å². The highest BCUT2D eigenvalue weighted by atomic mass is 35.5. The Morgan fingerprint density at radius 1 is 1.14 bits per heavy atom. The van der Waals surface area contributed by atoms with Crippen LogP contribution in [0, 0.1) is 12.8 Å². The maximum absolute atomic E-state index is 12.4. The second-order valence-corrected chi connectivity index (χ2v) is 9.26. The lowest BCUT2D eigenvalue weighted by atomic mass is 9.97. The van der Waals surface area contributed by atoms with Crippen molar-refractivity contribution in [2.75, 3.05) is 29.4 Å². The Kier molecular flexibility index (Phi) is 8.07. The standard InChI is InChI=1S/C21H27N3O3S.ClH/c1-15-3-8-19(24-28(2,26)27)13-20(15)23-21(25)12-17-6-4-16(5-7-17)11-18-9-10-22-14-18;/h3-8,13,18,22,24H,9-12,14H2,1-2H3,(H,23,25);1H. The molecule has 1 amide bonds. The molecule has 2 aromatic rings. The summed E-state index contributed by atoms with van der Waals surface area (Å²) in [4.78, 5) is 12.4. The SMILES string of the molecule is Cc1ccc(NS(C)(=O)=O)cc1NC(=O)Cc1ccc(CC2CCNC2)cc1.Cl. The van der Waals surface area contributed by atoms with Gasteiger partial charge in [0.2, 0.25) is 15.9 Å². The summed E-state index contributed by atoms with van der Waals surface area (Å²) in [6.45, 7) is 4.05. The summed E-state index contributed by atoms with van der Waals surface area (Å²) in [5.74, 6) is 0.567. The second kappa shape index (κ2) is 10.1. The number of nitrogens with one attached hydrogen (secondary N) is 3. The van der Waals surface area contributed by atoms with Crippen LogP contribution >= 0.6 is 12.4 Å². The molecule has 2 aromatic carbocycles. The monoisotopic (exact) mass is 437 g/mol. The third-order valence-corrected chi connectivity index (χ3v) is 5.50. The van der Waals surface area contributed by atoms with Crippen molar-refractivity contribution < 1.29 is 13.2 Å². The van der Waals surface area contributed by atoms with Gasteiger partial charge in [0.25, 0.3) is 0 Å². The largest absolute Gasteiger partial charge is 0.325 e. The van der Waals surface area contributed by atoms with Crippen molar-refractivity contribution in [1.29, 1.82) is 0 Å². The molecule has 8 heteroatoms. The second-order valence-electron chi connectivity index (χ2n) is 7.51. The molecule has 1 fully saturated rings. The molecule has 0 saturated carbocycles. The fourth-order valence-corrected chi connectivity index (χ4v) is 3.98. The average Bonchev–Trinajstić information content (AvgIpc) is 3.11. The first kappa shape index (κ1) is 23.2. The van der Waals surface area contributed by atoms with E-state index in [2.05, 4.69) is 27.5 Å². The number of amides is 1. The molecule has 0 aliphatic carbocycles. The molecule has 29 heavy (non-hydrogen) atoms. The maximum Gasteiger partial charge on any atom is 0.229 e. The fourth-order valence-electron chi connectivity index (χ4n) is 3.43. The number of benzene rings is 2. The molecule has 1 heterocycles. The molecular formula is C21H28ClN3O3S. The van der Waals surface area contributed by atoms with Gasteiger partial charge in [0.15, 0.2) is 0 Å². The topological polar surface area (TPSA) is 87.3 Å². The molecule has 1 unspecified atom stereocenters. The molecule has 1 aliphatic rings. The lowest BCUT2D eigenvalue weighted by molar-refractivity contribution is -0.115. The summed E-state index contributed by atoms with van der Waals surface area (Å²) < 4.78 is 25.2. The molecule has 1 aliphatic heterocycles. The average molecular weight is 438 g/mol. The Bertz CT molecular complexity index is 940. The molecular weight excluding hydrogens is 410 g/mol. The number of halogens is 1. The highest BCUT2D eigenvalue weighted by molar-refractivity contribution is 7.92.